The molecule has 0 saturated heterocycles. The molecule has 0 bridgehead atoms. The van der Waals surface area contributed by atoms with E-state index in [1.807, 2.05) is 36.4 Å². The Labute approximate surface area is 102 Å². The molecule has 2 rings (SSSR count). The molecular weight excluding hydrogens is 266 g/mol. The molecule has 1 aromatic carbocycles. The van der Waals surface area contributed by atoms with E-state index in [9.17, 15) is 0 Å². The zero-order chi connectivity index (χ0) is 11.4. The molecule has 1 aromatic heterocycles. The number of nitrogens with two attached hydrogens (primary N) is 1. The van der Waals surface area contributed by atoms with E-state index in [1.54, 1.807) is 12.3 Å². The minimum Gasteiger partial charge on any atom is -0.368 e. The third-order valence-electron chi connectivity index (χ3n) is 2.02. The maximum absolute atomic E-state index is 5.51. The molecule has 0 spiro atoms. The largest absolute Gasteiger partial charge is 0.368 e. The van der Waals surface area contributed by atoms with Crippen LogP contribution in [0.2, 0.25) is 0 Å². The van der Waals surface area contributed by atoms with Crippen molar-refractivity contribution >= 4 is 32.4 Å². The zero-order valence-electron chi connectivity index (χ0n) is 8.47. The lowest BCUT2D eigenvalue weighted by atomic mass is 10.2. The van der Waals surface area contributed by atoms with Crippen LogP contribution in [0.1, 0.15) is 11.3 Å². The van der Waals surface area contributed by atoms with Gasteiger partial charge in [0.1, 0.15) is 0 Å². The van der Waals surface area contributed by atoms with Crippen molar-refractivity contribution in [1.29, 1.82) is 0 Å². The van der Waals surface area contributed by atoms with Crippen molar-refractivity contribution in [3.05, 3.63) is 53.9 Å². The van der Waals surface area contributed by atoms with Crippen LogP contribution >= 0.6 is 15.9 Å². The first-order valence-corrected chi connectivity index (χ1v) is 5.56. The maximum atomic E-state index is 5.51. The van der Waals surface area contributed by atoms with Gasteiger partial charge in [-0.3, -0.25) is 0 Å². The molecule has 0 aliphatic heterocycles. The molecule has 3 nitrogen and oxygen atoms in total. The van der Waals surface area contributed by atoms with Crippen LogP contribution in [0.3, 0.4) is 0 Å². The fourth-order valence-electron chi connectivity index (χ4n) is 1.28. The quantitative estimate of drug-likeness (QED) is 0.917. The molecule has 0 fully saturated rings. The first-order chi connectivity index (χ1) is 7.75. The SMILES string of the molecule is Nc1nccc(/C=C(\Br)c2ccccc2)n1. The van der Waals surface area contributed by atoms with Gasteiger partial charge in [-0.05, 0) is 17.7 Å². The summed E-state index contributed by atoms with van der Waals surface area (Å²) in [5, 5.41) is 0. The Morgan fingerprint density at radius 2 is 1.94 bits per heavy atom. The molecule has 2 aromatic rings. The molecule has 0 aliphatic rings. The normalized spacial score (nSPS) is 11.4. The third-order valence-corrected chi connectivity index (χ3v) is 2.71. The van der Waals surface area contributed by atoms with Gasteiger partial charge in [0.2, 0.25) is 5.95 Å². The van der Waals surface area contributed by atoms with Crippen molar-refractivity contribution in [2.45, 2.75) is 0 Å². The molecule has 0 aliphatic carbocycles. The van der Waals surface area contributed by atoms with Gasteiger partial charge in [0.05, 0.1) is 5.69 Å². The number of halogens is 1. The highest BCUT2D eigenvalue weighted by molar-refractivity contribution is 9.15. The summed E-state index contributed by atoms with van der Waals surface area (Å²) < 4.78 is 0.964. The van der Waals surface area contributed by atoms with Gasteiger partial charge in [0.15, 0.2) is 0 Å². The summed E-state index contributed by atoms with van der Waals surface area (Å²) in [5.74, 6) is 0.280. The van der Waals surface area contributed by atoms with Crippen LogP contribution in [0.15, 0.2) is 42.6 Å². The highest BCUT2D eigenvalue weighted by Crippen LogP contribution is 2.23. The summed E-state index contributed by atoms with van der Waals surface area (Å²) in [6.07, 6.45) is 3.55. The monoisotopic (exact) mass is 275 g/mol. The lowest BCUT2D eigenvalue weighted by molar-refractivity contribution is 1.17. The maximum Gasteiger partial charge on any atom is 0.220 e. The molecule has 0 amide bonds. The molecule has 16 heavy (non-hydrogen) atoms. The summed E-state index contributed by atoms with van der Waals surface area (Å²) in [4.78, 5) is 7.94. The van der Waals surface area contributed by atoms with Gasteiger partial charge in [0.25, 0.3) is 0 Å². The van der Waals surface area contributed by atoms with Gasteiger partial charge >= 0.3 is 0 Å². The van der Waals surface area contributed by atoms with Crippen LogP contribution in [0, 0.1) is 0 Å². The summed E-state index contributed by atoms with van der Waals surface area (Å²) in [6, 6.07) is 11.8. The molecule has 2 N–H and O–H groups in total. The van der Waals surface area contributed by atoms with Crippen molar-refractivity contribution < 1.29 is 0 Å². The van der Waals surface area contributed by atoms with E-state index >= 15 is 0 Å². The number of aromatic nitrogens is 2. The number of nitrogen functional groups attached to an aromatic ring is 1. The fraction of sp³-hybridized carbons (Fsp3) is 0. The summed E-state index contributed by atoms with van der Waals surface area (Å²) in [6.45, 7) is 0. The predicted molar refractivity (Wildman–Crippen MR) is 69.7 cm³/mol. The molecule has 0 unspecified atom stereocenters. The lowest BCUT2D eigenvalue weighted by Crippen LogP contribution is -1.94. The first-order valence-electron chi connectivity index (χ1n) is 4.77. The Morgan fingerprint density at radius 3 is 2.62 bits per heavy atom. The lowest BCUT2D eigenvalue weighted by Gasteiger charge is -1.99. The second-order valence-corrected chi connectivity index (χ2v) is 4.05. The van der Waals surface area contributed by atoms with Crippen LogP contribution in [-0.2, 0) is 0 Å². The van der Waals surface area contributed by atoms with Gasteiger partial charge in [-0.25, -0.2) is 9.97 Å². The highest BCUT2D eigenvalue weighted by atomic mass is 79.9. The van der Waals surface area contributed by atoms with Crippen molar-refractivity contribution in [2.75, 3.05) is 5.73 Å². The Morgan fingerprint density at radius 1 is 1.19 bits per heavy atom. The van der Waals surface area contributed by atoms with Crippen LogP contribution in [0.4, 0.5) is 5.95 Å². The molecule has 0 saturated carbocycles. The third kappa shape index (κ3) is 2.67. The molecule has 0 atom stereocenters. The van der Waals surface area contributed by atoms with E-state index < -0.39 is 0 Å². The fourth-order valence-corrected chi connectivity index (χ4v) is 1.78. The summed E-state index contributed by atoms with van der Waals surface area (Å²) >= 11 is 3.51. The highest BCUT2D eigenvalue weighted by Gasteiger charge is 1.98. The Balaban J connectivity index is 2.32. The van der Waals surface area contributed by atoms with Gasteiger partial charge < -0.3 is 5.73 Å². The van der Waals surface area contributed by atoms with E-state index in [-0.39, 0.29) is 5.95 Å². The van der Waals surface area contributed by atoms with Crippen molar-refractivity contribution in [2.24, 2.45) is 0 Å². The van der Waals surface area contributed by atoms with E-state index in [2.05, 4.69) is 25.9 Å². The predicted octanol–water partition coefficient (Wildman–Crippen LogP) is 2.95. The van der Waals surface area contributed by atoms with E-state index in [1.165, 1.54) is 0 Å². The minimum atomic E-state index is 0.280. The number of rotatable bonds is 2. The summed E-state index contributed by atoms with van der Waals surface area (Å²) in [5.41, 5.74) is 7.38. The van der Waals surface area contributed by atoms with Gasteiger partial charge in [-0.15, -0.1) is 0 Å². The van der Waals surface area contributed by atoms with Crippen molar-refractivity contribution in [3.63, 3.8) is 0 Å². The minimum absolute atomic E-state index is 0.280. The molecule has 4 heteroatoms. The van der Waals surface area contributed by atoms with E-state index in [0.717, 1.165) is 15.7 Å². The average Bonchev–Trinajstić information content (AvgIpc) is 2.30. The van der Waals surface area contributed by atoms with Crippen molar-refractivity contribution in [3.8, 4) is 0 Å². The molecule has 0 radical (unpaired) electrons. The van der Waals surface area contributed by atoms with E-state index in [0.29, 0.717) is 0 Å². The summed E-state index contributed by atoms with van der Waals surface area (Å²) in [7, 11) is 0. The second kappa shape index (κ2) is 4.90. The number of nitrogens with zero attached hydrogens (tertiary/aromatic N) is 2. The Kier molecular flexibility index (Phi) is 3.31. The van der Waals surface area contributed by atoms with Crippen LogP contribution < -0.4 is 5.73 Å². The van der Waals surface area contributed by atoms with Crippen LogP contribution in [0.25, 0.3) is 10.6 Å². The number of hydrogen-bond acceptors (Lipinski definition) is 3. The van der Waals surface area contributed by atoms with E-state index in [4.69, 9.17) is 5.73 Å². The van der Waals surface area contributed by atoms with Crippen LogP contribution in [0.5, 0.6) is 0 Å². The Bertz CT molecular complexity index is 509. The molecule has 80 valence electrons. The number of benzene rings is 1. The standard InChI is InChI=1S/C12H10BrN3/c13-11(9-4-2-1-3-5-9)8-10-6-7-15-12(14)16-10/h1-8H,(H2,14,15,16)/b11-8-. The molecular formula is C12H10BrN3. The van der Waals surface area contributed by atoms with Crippen molar-refractivity contribution in [1.82, 2.24) is 9.97 Å². The van der Waals surface area contributed by atoms with Gasteiger partial charge in [-0.1, -0.05) is 46.3 Å². The van der Waals surface area contributed by atoms with Gasteiger partial charge in [-0.2, -0.15) is 0 Å². The average molecular weight is 276 g/mol. The second-order valence-electron chi connectivity index (χ2n) is 3.20. The smallest absolute Gasteiger partial charge is 0.220 e. The molecule has 1 heterocycles. The Hall–Kier alpha value is -1.68. The first kappa shape index (κ1) is 10.8. The van der Waals surface area contributed by atoms with Crippen LogP contribution in [-0.4, -0.2) is 9.97 Å². The zero-order valence-corrected chi connectivity index (χ0v) is 10.1. The van der Waals surface area contributed by atoms with Gasteiger partial charge in [0, 0.05) is 10.7 Å². The topological polar surface area (TPSA) is 51.8 Å². The number of anilines is 1. The number of hydrogen-bond donors (Lipinski definition) is 1.